The van der Waals surface area contributed by atoms with Crippen molar-refractivity contribution in [2.24, 2.45) is 0 Å². The van der Waals surface area contributed by atoms with Crippen LogP contribution >= 0.6 is 0 Å². The Morgan fingerprint density at radius 1 is 1.14 bits per heavy atom. The molecule has 230 valence electrons. The van der Waals surface area contributed by atoms with Gasteiger partial charge in [-0.05, 0) is 38.9 Å². The van der Waals surface area contributed by atoms with Crippen molar-refractivity contribution in [3.63, 3.8) is 0 Å². The number of nitrogens with zero attached hydrogens (tertiary/aromatic N) is 5. The van der Waals surface area contributed by atoms with Crippen molar-refractivity contribution in [3.8, 4) is 11.1 Å². The Hall–Kier alpha value is -4.04. The molecule has 1 unspecified atom stereocenters. The van der Waals surface area contributed by atoms with Crippen LogP contribution in [0.5, 0.6) is 0 Å². The van der Waals surface area contributed by atoms with Crippen molar-refractivity contribution in [3.05, 3.63) is 64.1 Å². The molecule has 2 saturated heterocycles. The average Bonchev–Trinajstić information content (AvgIpc) is 2.99. The van der Waals surface area contributed by atoms with E-state index < -0.39 is 34.6 Å². The summed E-state index contributed by atoms with van der Waals surface area (Å²) < 4.78 is 62.2. The Kier molecular flexibility index (Phi) is 8.69. The van der Waals surface area contributed by atoms with E-state index in [4.69, 9.17) is 4.74 Å². The monoisotopic (exact) mass is 603 g/mol. The number of aromatic amines is 1. The quantitative estimate of drug-likeness (QED) is 0.408. The van der Waals surface area contributed by atoms with E-state index in [-0.39, 0.29) is 23.3 Å². The molecule has 2 aromatic heterocycles. The molecule has 43 heavy (non-hydrogen) atoms. The molecule has 0 saturated carbocycles. The van der Waals surface area contributed by atoms with Crippen LogP contribution in [0.1, 0.15) is 35.7 Å². The minimum Gasteiger partial charge on any atom is -0.381 e. The van der Waals surface area contributed by atoms with E-state index in [1.54, 1.807) is 0 Å². The normalized spacial score (nSPS) is 18.5. The van der Waals surface area contributed by atoms with Gasteiger partial charge in [0.2, 0.25) is 11.5 Å². The molecule has 3 aromatic rings. The zero-order valence-corrected chi connectivity index (χ0v) is 24.0. The number of piperazine rings is 1. The molecule has 10 nitrogen and oxygen atoms in total. The van der Waals surface area contributed by atoms with Crippen molar-refractivity contribution < 1.29 is 27.1 Å². The van der Waals surface area contributed by atoms with Gasteiger partial charge in [-0.3, -0.25) is 9.59 Å². The minimum atomic E-state index is -4.94. The Balaban J connectivity index is 1.51. The number of nitrogens with one attached hydrogen (secondary N) is 2. The van der Waals surface area contributed by atoms with E-state index in [9.17, 15) is 22.8 Å². The van der Waals surface area contributed by atoms with E-state index in [1.165, 1.54) is 24.5 Å². The van der Waals surface area contributed by atoms with Crippen molar-refractivity contribution in [2.45, 2.75) is 38.0 Å². The molecular weight excluding hydrogens is 570 g/mol. The third kappa shape index (κ3) is 6.64. The van der Waals surface area contributed by atoms with Gasteiger partial charge < -0.3 is 29.7 Å². The van der Waals surface area contributed by atoms with Crippen LogP contribution < -0.4 is 20.7 Å². The van der Waals surface area contributed by atoms with E-state index in [0.717, 1.165) is 19.0 Å². The molecule has 2 fully saturated rings. The predicted molar refractivity (Wildman–Crippen MR) is 154 cm³/mol. The summed E-state index contributed by atoms with van der Waals surface area (Å²) in [6.07, 6.45) is 0.395. The second kappa shape index (κ2) is 12.3. The number of amides is 1. The van der Waals surface area contributed by atoms with Gasteiger partial charge in [0.25, 0.3) is 5.91 Å². The van der Waals surface area contributed by atoms with Crippen LogP contribution in [0.4, 0.5) is 34.9 Å². The second-order valence-electron chi connectivity index (χ2n) is 10.9. The summed E-state index contributed by atoms with van der Waals surface area (Å²) in [6, 6.07) is 3.29. The van der Waals surface area contributed by atoms with Gasteiger partial charge in [-0.1, -0.05) is 0 Å². The summed E-state index contributed by atoms with van der Waals surface area (Å²) in [5.41, 5.74) is -2.30. The molecule has 0 bridgehead atoms. The standard InChI is InChI=1S/C29H33F4N7O3/c1-17-16-40(7-6-38(17)2)25-12-23(30)20(18-13-35-28(36-14-18)39(3)19-4-8-43-9-5-19)10-24(25)37-27(42)21-15-34-26(41)11-22(21)29(31,32)33/h10-15,17,19H,4-9,16H2,1-3H3,(H,34,41)(H,37,42). The molecule has 4 heterocycles. The first-order valence-electron chi connectivity index (χ1n) is 14.0. The Labute approximate surface area is 245 Å². The third-order valence-corrected chi connectivity index (χ3v) is 8.11. The van der Waals surface area contributed by atoms with Crippen LogP contribution in [0.15, 0.2) is 41.6 Å². The lowest BCUT2D eigenvalue weighted by molar-refractivity contribution is -0.138. The fourth-order valence-corrected chi connectivity index (χ4v) is 5.37. The number of rotatable bonds is 6. The first-order chi connectivity index (χ1) is 20.4. The topological polar surface area (TPSA) is 107 Å². The highest BCUT2D eigenvalue weighted by molar-refractivity contribution is 6.07. The fourth-order valence-electron chi connectivity index (χ4n) is 5.37. The number of carbonyl (C=O) groups excluding carboxylic acids is 1. The van der Waals surface area contributed by atoms with Crippen LogP contribution in [-0.2, 0) is 10.9 Å². The number of carbonyl (C=O) groups is 1. The highest BCUT2D eigenvalue weighted by atomic mass is 19.4. The van der Waals surface area contributed by atoms with Gasteiger partial charge in [0.05, 0.1) is 22.5 Å². The molecule has 1 atom stereocenters. The first-order valence-corrected chi connectivity index (χ1v) is 14.0. The predicted octanol–water partition coefficient (Wildman–Crippen LogP) is 4.00. The molecular formula is C29H33F4N7O3. The van der Waals surface area contributed by atoms with Crippen molar-refractivity contribution in [1.82, 2.24) is 19.9 Å². The number of aromatic nitrogens is 3. The van der Waals surface area contributed by atoms with E-state index >= 15 is 4.39 Å². The van der Waals surface area contributed by atoms with Crippen molar-refractivity contribution in [2.75, 3.05) is 62.1 Å². The SMILES string of the molecule is CC1CN(c2cc(F)c(-c3cnc(N(C)C4CCOCC4)nc3)cc2NC(=O)c2c[nH]c(=O)cc2C(F)(F)F)CCN1C. The number of halogens is 4. The maximum atomic E-state index is 15.7. The van der Waals surface area contributed by atoms with E-state index in [0.29, 0.717) is 56.1 Å². The highest BCUT2D eigenvalue weighted by Gasteiger charge is 2.36. The molecule has 1 amide bonds. The Morgan fingerprint density at radius 3 is 2.49 bits per heavy atom. The fraction of sp³-hybridized carbons (Fsp3) is 0.448. The smallest absolute Gasteiger partial charge is 0.381 e. The number of H-pyrrole nitrogens is 1. The number of hydrogen-bond donors (Lipinski definition) is 2. The lowest BCUT2D eigenvalue weighted by Crippen LogP contribution is -2.50. The third-order valence-electron chi connectivity index (χ3n) is 8.11. The van der Waals surface area contributed by atoms with Gasteiger partial charge in [0.1, 0.15) is 5.82 Å². The number of alkyl halides is 3. The van der Waals surface area contributed by atoms with Crippen molar-refractivity contribution >= 4 is 23.2 Å². The number of pyridine rings is 1. The summed E-state index contributed by atoms with van der Waals surface area (Å²) in [5.74, 6) is -1.24. The van der Waals surface area contributed by atoms with Crippen LogP contribution in [0.25, 0.3) is 11.1 Å². The molecule has 0 aliphatic carbocycles. The Bertz CT molecular complexity index is 1520. The van der Waals surface area contributed by atoms with Crippen LogP contribution in [0.2, 0.25) is 0 Å². The summed E-state index contributed by atoms with van der Waals surface area (Å²) in [4.78, 5) is 41.8. The molecule has 5 rings (SSSR count). The first kappa shape index (κ1) is 30.4. The number of ether oxygens (including phenoxy) is 1. The van der Waals surface area contributed by atoms with E-state index in [2.05, 4.69) is 25.2 Å². The maximum Gasteiger partial charge on any atom is 0.417 e. The lowest BCUT2D eigenvalue weighted by Gasteiger charge is -2.39. The number of benzene rings is 1. The van der Waals surface area contributed by atoms with Crippen LogP contribution in [0, 0.1) is 5.82 Å². The van der Waals surface area contributed by atoms with Crippen LogP contribution in [-0.4, -0.2) is 84.8 Å². The molecule has 2 aliphatic heterocycles. The van der Waals surface area contributed by atoms with Gasteiger partial charge in [-0.15, -0.1) is 0 Å². The van der Waals surface area contributed by atoms with Crippen LogP contribution in [0.3, 0.4) is 0 Å². The van der Waals surface area contributed by atoms with Gasteiger partial charge in [-0.2, -0.15) is 13.2 Å². The minimum absolute atomic E-state index is 0.0685. The summed E-state index contributed by atoms with van der Waals surface area (Å²) in [7, 11) is 3.85. The summed E-state index contributed by atoms with van der Waals surface area (Å²) >= 11 is 0. The molecule has 0 radical (unpaired) electrons. The molecule has 0 spiro atoms. The lowest BCUT2D eigenvalue weighted by atomic mass is 10.0. The van der Waals surface area contributed by atoms with Gasteiger partial charge in [0, 0.05) is 87.8 Å². The molecule has 2 N–H and O–H groups in total. The summed E-state index contributed by atoms with van der Waals surface area (Å²) in [5, 5.41) is 2.55. The summed E-state index contributed by atoms with van der Waals surface area (Å²) in [6.45, 7) is 4.96. The number of likely N-dealkylation sites (N-methyl/N-ethyl adjacent to an activating group) is 1. The largest absolute Gasteiger partial charge is 0.417 e. The van der Waals surface area contributed by atoms with Gasteiger partial charge >= 0.3 is 6.18 Å². The Morgan fingerprint density at radius 2 is 1.84 bits per heavy atom. The van der Waals surface area contributed by atoms with Crippen molar-refractivity contribution in [1.29, 1.82) is 0 Å². The average molecular weight is 604 g/mol. The van der Waals surface area contributed by atoms with Gasteiger partial charge in [0.15, 0.2) is 0 Å². The zero-order chi connectivity index (χ0) is 30.9. The van der Waals surface area contributed by atoms with E-state index in [1.807, 2.05) is 30.8 Å². The molecule has 14 heteroatoms. The highest BCUT2D eigenvalue weighted by Crippen LogP contribution is 2.37. The molecule has 2 aliphatic rings. The van der Waals surface area contributed by atoms with Gasteiger partial charge in [-0.25, -0.2) is 14.4 Å². The second-order valence-corrected chi connectivity index (χ2v) is 10.9. The molecule has 1 aromatic carbocycles. The number of hydrogen-bond acceptors (Lipinski definition) is 8. The number of anilines is 3. The maximum absolute atomic E-state index is 15.7. The zero-order valence-electron chi connectivity index (χ0n) is 24.0.